The normalized spacial score (nSPS) is 16.7. The van der Waals surface area contributed by atoms with Gasteiger partial charge in [0.25, 0.3) is 0 Å². The number of aromatic hydroxyl groups is 1. The third-order valence-corrected chi connectivity index (χ3v) is 11.9. The fraction of sp³-hybridized carbons (Fsp3) is 0.409. The number of halogens is 5. The van der Waals surface area contributed by atoms with Crippen LogP contribution in [0.4, 0.5) is 34.1 Å². The Kier molecular flexibility index (Phi) is 14.5. The minimum absolute atomic E-state index is 0.00510. The summed E-state index contributed by atoms with van der Waals surface area (Å²) in [6, 6.07) is 25.3. The van der Waals surface area contributed by atoms with Crippen molar-refractivity contribution in [2.75, 3.05) is 36.8 Å². The van der Waals surface area contributed by atoms with Gasteiger partial charge in [0.15, 0.2) is 5.75 Å². The number of phenolic OH excluding ortho intramolecular Hbond substituents is 1. The minimum Gasteiger partial charge on any atom is -0.505 e. The van der Waals surface area contributed by atoms with E-state index in [9.17, 15) is 27.9 Å². The average Bonchev–Trinajstić information content (AvgIpc) is 3.21. The highest BCUT2D eigenvalue weighted by Crippen LogP contribution is 2.35. The fourth-order valence-electron chi connectivity index (χ4n) is 8.06. The number of amides is 4. The van der Waals surface area contributed by atoms with E-state index in [1.807, 2.05) is 47.4 Å². The number of phenols is 1. The largest absolute Gasteiger partial charge is 0.505 e. The molecule has 2 fully saturated rings. The molecule has 4 aromatic rings. The molecule has 0 aromatic heterocycles. The van der Waals surface area contributed by atoms with Gasteiger partial charge >= 0.3 is 18.2 Å². The molecule has 310 valence electrons. The molecule has 4 aromatic carbocycles. The Morgan fingerprint density at radius 1 is 0.776 bits per heavy atom. The third kappa shape index (κ3) is 11.4. The lowest BCUT2D eigenvalue weighted by Gasteiger charge is -2.41. The molecule has 9 nitrogen and oxygen atoms in total. The molecule has 2 unspecified atom stereocenters. The van der Waals surface area contributed by atoms with Gasteiger partial charge in [0, 0.05) is 55.7 Å². The van der Waals surface area contributed by atoms with Crippen LogP contribution >= 0.6 is 23.2 Å². The Morgan fingerprint density at radius 2 is 1.34 bits per heavy atom. The monoisotopic (exact) mass is 838 g/mol. The van der Waals surface area contributed by atoms with Gasteiger partial charge in [-0.05, 0) is 105 Å². The number of urea groups is 2. The van der Waals surface area contributed by atoms with Gasteiger partial charge in [-0.3, -0.25) is 0 Å². The summed E-state index contributed by atoms with van der Waals surface area (Å²) >= 11 is 12.3. The fourth-order valence-corrected chi connectivity index (χ4v) is 8.55. The van der Waals surface area contributed by atoms with Crippen molar-refractivity contribution >= 4 is 46.6 Å². The van der Waals surface area contributed by atoms with Crippen molar-refractivity contribution in [2.45, 2.75) is 89.3 Å². The molecule has 2 saturated heterocycles. The predicted octanol–water partition coefficient (Wildman–Crippen LogP) is 10.6. The van der Waals surface area contributed by atoms with Crippen LogP contribution in [0.3, 0.4) is 0 Å². The second-order valence-corrected chi connectivity index (χ2v) is 16.3. The summed E-state index contributed by atoms with van der Waals surface area (Å²) in [5.41, 5.74) is 2.83. The number of alkyl halides is 3. The zero-order valence-corrected chi connectivity index (χ0v) is 34.3. The standard InChI is InChI=1S/C44H51Cl2F3N6O3/c1-29(33-11-6-10-32(23-33)28-55(37-14-18-50-19-15-37)42(57)51-35-13-7-12-34(24-35)44(47,48)49)22-30(2)53-20-16-38(17-21-53)54(27-31-8-4-3-5-9-31)43(58)52-36-25-39(45)41(56)40(46)26-36/h3-13,23-26,29-30,37-38,50,56H,14-22,27-28H2,1-2H3,(H,51,57)(H,52,58). The van der Waals surface area contributed by atoms with Crippen molar-refractivity contribution in [1.82, 2.24) is 20.0 Å². The first kappa shape index (κ1) is 43.1. The molecule has 0 spiro atoms. The number of nitrogens with one attached hydrogen (secondary N) is 3. The van der Waals surface area contributed by atoms with Crippen LogP contribution in [0.1, 0.15) is 74.1 Å². The second kappa shape index (κ2) is 19.5. The molecule has 0 radical (unpaired) electrons. The van der Waals surface area contributed by atoms with E-state index in [0.717, 1.165) is 87.1 Å². The number of hydrogen-bond acceptors (Lipinski definition) is 5. The van der Waals surface area contributed by atoms with Crippen LogP contribution in [0.25, 0.3) is 0 Å². The van der Waals surface area contributed by atoms with E-state index in [1.165, 1.54) is 24.3 Å². The van der Waals surface area contributed by atoms with Gasteiger partial charge in [0.05, 0.1) is 15.6 Å². The van der Waals surface area contributed by atoms with E-state index in [2.05, 4.69) is 46.8 Å². The van der Waals surface area contributed by atoms with E-state index in [1.54, 1.807) is 4.90 Å². The SMILES string of the molecule is CC(CC(C)N1CCC(N(Cc2ccccc2)C(=O)Nc2cc(Cl)c(O)c(Cl)c2)CC1)c1cccc(CN(C(=O)Nc2cccc(C(F)(F)F)c2)C2CCNCC2)c1. The highest BCUT2D eigenvalue weighted by molar-refractivity contribution is 6.37. The highest BCUT2D eigenvalue weighted by Gasteiger charge is 2.33. The van der Waals surface area contributed by atoms with Crippen LogP contribution in [-0.2, 0) is 19.3 Å². The number of likely N-dealkylation sites (tertiary alicyclic amines) is 1. The Balaban J connectivity index is 1.08. The van der Waals surface area contributed by atoms with E-state index < -0.39 is 17.8 Å². The first-order valence-electron chi connectivity index (χ1n) is 19.8. The van der Waals surface area contributed by atoms with Gasteiger partial charge in [0.2, 0.25) is 0 Å². The summed E-state index contributed by atoms with van der Waals surface area (Å²) in [6.45, 7) is 8.37. The lowest BCUT2D eigenvalue weighted by Crippen LogP contribution is -2.50. The molecule has 58 heavy (non-hydrogen) atoms. The van der Waals surface area contributed by atoms with Crippen molar-refractivity contribution in [3.05, 3.63) is 123 Å². The van der Waals surface area contributed by atoms with Crippen LogP contribution in [0.2, 0.25) is 10.0 Å². The van der Waals surface area contributed by atoms with Crippen molar-refractivity contribution in [1.29, 1.82) is 0 Å². The number of carbonyl (C=O) groups excluding carboxylic acids is 2. The van der Waals surface area contributed by atoms with Gasteiger partial charge < -0.3 is 35.8 Å². The predicted molar refractivity (Wildman–Crippen MR) is 225 cm³/mol. The summed E-state index contributed by atoms with van der Waals surface area (Å²) in [4.78, 5) is 33.6. The second-order valence-electron chi connectivity index (χ2n) is 15.4. The van der Waals surface area contributed by atoms with Gasteiger partial charge in [-0.25, -0.2) is 9.59 Å². The molecule has 2 aliphatic heterocycles. The summed E-state index contributed by atoms with van der Waals surface area (Å²) in [6.07, 6.45) is -0.529. The van der Waals surface area contributed by atoms with E-state index >= 15 is 0 Å². The number of nitrogens with zero attached hydrogens (tertiary/aromatic N) is 3. The molecule has 2 aliphatic rings. The molecule has 0 saturated carbocycles. The number of rotatable bonds is 12. The molecule has 0 bridgehead atoms. The quantitative estimate of drug-likeness (QED) is 0.107. The first-order chi connectivity index (χ1) is 27.7. The molecule has 6 rings (SSSR count). The molecule has 2 atom stereocenters. The zero-order valence-electron chi connectivity index (χ0n) is 32.7. The smallest absolute Gasteiger partial charge is 0.416 e. The highest BCUT2D eigenvalue weighted by atomic mass is 35.5. The van der Waals surface area contributed by atoms with Crippen molar-refractivity contribution in [3.63, 3.8) is 0 Å². The summed E-state index contributed by atoms with van der Waals surface area (Å²) in [5.74, 6) is -0.0203. The molecule has 2 heterocycles. The number of piperidine rings is 2. The number of benzene rings is 4. The first-order valence-corrected chi connectivity index (χ1v) is 20.6. The molecular weight excluding hydrogens is 788 g/mol. The zero-order chi connectivity index (χ0) is 41.4. The average molecular weight is 840 g/mol. The molecule has 14 heteroatoms. The maximum absolute atomic E-state index is 13.8. The Morgan fingerprint density at radius 3 is 1.98 bits per heavy atom. The van der Waals surface area contributed by atoms with Crippen LogP contribution in [0.5, 0.6) is 5.75 Å². The Hall–Kier alpha value is -4.49. The summed E-state index contributed by atoms with van der Waals surface area (Å²) in [7, 11) is 0. The number of anilines is 2. The summed E-state index contributed by atoms with van der Waals surface area (Å²) in [5, 5.41) is 19.1. The lowest BCUT2D eigenvalue weighted by atomic mass is 9.91. The van der Waals surface area contributed by atoms with Crippen LogP contribution in [0, 0.1) is 0 Å². The third-order valence-electron chi connectivity index (χ3n) is 11.3. The lowest BCUT2D eigenvalue weighted by molar-refractivity contribution is -0.137. The maximum atomic E-state index is 13.8. The van der Waals surface area contributed by atoms with Crippen molar-refractivity contribution in [3.8, 4) is 5.75 Å². The van der Waals surface area contributed by atoms with Crippen LogP contribution in [0.15, 0.2) is 91.0 Å². The van der Waals surface area contributed by atoms with Crippen LogP contribution in [-0.4, -0.2) is 76.2 Å². The Bertz CT molecular complexity index is 1990. The number of hydrogen-bond donors (Lipinski definition) is 4. The van der Waals surface area contributed by atoms with E-state index in [0.29, 0.717) is 18.8 Å². The topological polar surface area (TPSA) is 100 Å². The van der Waals surface area contributed by atoms with Gasteiger partial charge in [-0.2, -0.15) is 13.2 Å². The van der Waals surface area contributed by atoms with Gasteiger partial charge in [0.1, 0.15) is 0 Å². The molecule has 4 amide bonds. The van der Waals surface area contributed by atoms with Gasteiger partial charge in [-0.1, -0.05) is 90.8 Å². The van der Waals surface area contributed by atoms with Crippen LogP contribution < -0.4 is 16.0 Å². The maximum Gasteiger partial charge on any atom is 0.416 e. The van der Waals surface area contributed by atoms with Crippen molar-refractivity contribution in [2.24, 2.45) is 0 Å². The minimum atomic E-state index is -4.51. The van der Waals surface area contributed by atoms with E-state index in [4.69, 9.17) is 23.2 Å². The van der Waals surface area contributed by atoms with Gasteiger partial charge in [-0.15, -0.1) is 0 Å². The molecule has 4 N–H and O–H groups in total. The Labute approximate surface area is 348 Å². The molecular formula is C44H51Cl2F3N6O3. The van der Waals surface area contributed by atoms with E-state index in [-0.39, 0.29) is 51.6 Å². The van der Waals surface area contributed by atoms with Crippen molar-refractivity contribution < 1.29 is 27.9 Å². The summed E-state index contributed by atoms with van der Waals surface area (Å²) < 4.78 is 40.2. The molecule has 0 aliphatic carbocycles. The number of carbonyl (C=O) groups is 2.